The first-order chi connectivity index (χ1) is 17.3. The Kier molecular flexibility index (Phi) is 15.9. The van der Waals surface area contributed by atoms with Crippen molar-refractivity contribution in [3.63, 3.8) is 0 Å². The van der Waals surface area contributed by atoms with Gasteiger partial charge in [0.25, 0.3) is 0 Å². The van der Waals surface area contributed by atoms with Gasteiger partial charge in [0.05, 0.1) is 13.1 Å². The minimum absolute atomic E-state index is 1.14. The van der Waals surface area contributed by atoms with Gasteiger partial charge in [-0.25, -0.2) is 0 Å². The molecule has 0 bridgehead atoms. The van der Waals surface area contributed by atoms with E-state index in [-0.39, 0.29) is 0 Å². The zero-order valence-corrected chi connectivity index (χ0v) is 22.8. The predicted octanol–water partition coefficient (Wildman–Crippen LogP) is 10.0. The molecule has 1 nitrogen and oxygen atoms in total. The quantitative estimate of drug-likeness (QED) is 0.102. The molecular weight excluding hydrogens is 422 g/mol. The van der Waals surface area contributed by atoms with Crippen LogP contribution in [0.4, 0.5) is 0 Å². The van der Waals surface area contributed by atoms with Crippen molar-refractivity contribution in [3.05, 3.63) is 96.1 Å². The van der Waals surface area contributed by atoms with Crippen LogP contribution in [0.2, 0.25) is 0 Å². The molecule has 0 fully saturated rings. The molecule has 192 valence electrons. The Morgan fingerprint density at radius 3 is 1.29 bits per heavy atom. The van der Waals surface area contributed by atoms with Crippen molar-refractivity contribution in [1.29, 1.82) is 0 Å². The maximum absolute atomic E-state index is 2.40. The average Bonchev–Trinajstić information content (AvgIpc) is 2.88. The molecular formula is C34H52N+. The number of hydrogen-bond donors (Lipinski definition) is 0. The van der Waals surface area contributed by atoms with Crippen molar-refractivity contribution in [3.8, 4) is 0 Å². The van der Waals surface area contributed by atoms with E-state index in [1.54, 1.807) is 0 Å². The van der Waals surface area contributed by atoms with Crippen LogP contribution in [0.3, 0.4) is 0 Å². The molecule has 0 aliphatic rings. The smallest absolute Gasteiger partial charge is 0.105 e. The summed E-state index contributed by atoms with van der Waals surface area (Å²) in [6.45, 7) is 9.35. The summed E-state index contributed by atoms with van der Waals surface area (Å²) in [4.78, 5) is 0. The van der Waals surface area contributed by atoms with Crippen molar-refractivity contribution in [1.82, 2.24) is 0 Å². The van der Waals surface area contributed by atoms with E-state index in [2.05, 4.69) is 98.8 Å². The third-order valence-corrected chi connectivity index (χ3v) is 6.97. The average molecular weight is 475 g/mol. The van der Waals surface area contributed by atoms with E-state index in [4.69, 9.17) is 0 Å². The number of nitrogens with zero attached hydrogens (tertiary/aromatic N) is 1. The molecule has 0 heterocycles. The van der Waals surface area contributed by atoms with Crippen LogP contribution in [0, 0.1) is 0 Å². The second-order valence-electron chi connectivity index (χ2n) is 10.3. The topological polar surface area (TPSA) is 0 Å². The SMILES string of the molecule is CCC/C=C/CCCCC[N+](CCCCC/C=C/CCC)(Cc1ccccc1)Cc1ccccc1. The Bertz CT molecular complexity index is 720. The van der Waals surface area contributed by atoms with Gasteiger partial charge in [-0.2, -0.15) is 0 Å². The van der Waals surface area contributed by atoms with Gasteiger partial charge in [-0.15, -0.1) is 0 Å². The van der Waals surface area contributed by atoms with Gasteiger partial charge in [0, 0.05) is 11.1 Å². The van der Waals surface area contributed by atoms with Gasteiger partial charge in [-0.1, -0.05) is 112 Å². The second-order valence-corrected chi connectivity index (χ2v) is 10.3. The first-order valence-corrected chi connectivity index (χ1v) is 14.5. The minimum Gasteiger partial charge on any atom is -0.316 e. The van der Waals surface area contributed by atoms with Gasteiger partial charge in [0.1, 0.15) is 13.1 Å². The highest BCUT2D eigenvalue weighted by molar-refractivity contribution is 5.15. The van der Waals surface area contributed by atoms with Crippen molar-refractivity contribution < 1.29 is 4.48 Å². The van der Waals surface area contributed by atoms with Crippen LogP contribution in [0.1, 0.15) is 102 Å². The number of rotatable bonds is 20. The van der Waals surface area contributed by atoms with Crippen LogP contribution >= 0.6 is 0 Å². The van der Waals surface area contributed by atoms with Gasteiger partial charge in [-0.05, 0) is 64.2 Å². The van der Waals surface area contributed by atoms with Crippen molar-refractivity contribution >= 4 is 0 Å². The molecule has 2 aromatic rings. The van der Waals surface area contributed by atoms with Crippen LogP contribution < -0.4 is 0 Å². The molecule has 0 amide bonds. The summed E-state index contributed by atoms with van der Waals surface area (Å²) in [6.07, 6.45) is 24.9. The molecule has 0 aromatic heterocycles. The fraction of sp³-hybridized carbons (Fsp3) is 0.529. The second kappa shape index (κ2) is 19.1. The lowest BCUT2D eigenvalue weighted by molar-refractivity contribution is -0.954. The Morgan fingerprint density at radius 2 is 0.886 bits per heavy atom. The molecule has 0 N–H and O–H groups in total. The number of benzene rings is 2. The molecule has 0 saturated heterocycles. The van der Waals surface area contributed by atoms with E-state index >= 15 is 0 Å². The van der Waals surface area contributed by atoms with Gasteiger partial charge < -0.3 is 4.48 Å². The largest absolute Gasteiger partial charge is 0.316 e. The van der Waals surface area contributed by atoms with Crippen LogP contribution in [-0.2, 0) is 13.1 Å². The molecule has 2 aromatic carbocycles. The van der Waals surface area contributed by atoms with Gasteiger partial charge in [0.15, 0.2) is 0 Å². The van der Waals surface area contributed by atoms with Crippen LogP contribution in [0.15, 0.2) is 85.0 Å². The van der Waals surface area contributed by atoms with E-state index in [1.807, 2.05) is 0 Å². The lowest BCUT2D eigenvalue weighted by Crippen LogP contribution is -2.48. The number of hydrogen-bond acceptors (Lipinski definition) is 0. The molecule has 0 aliphatic heterocycles. The zero-order valence-electron chi connectivity index (χ0n) is 22.8. The third kappa shape index (κ3) is 13.5. The summed E-state index contributed by atoms with van der Waals surface area (Å²) >= 11 is 0. The van der Waals surface area contributed by atoms with Crippen LogP contribution in [0.5, 0.6) is 0 Å². The Balaban J connectivity index is 2.02. The van der Waals surface area contributed by atoms with Crippen LogP contribution in [0.25, 0.3) is 0 Å². The predicted molar refractivity (Wildman–Crippen MR) is 155 cm³/mol. The molecule has 0 atom stereocenters. The summed E-state index contributed by atoms with van der Waals surface area (Å²) in [5.41, 5.74) is 2.96. The molecule has 0 spiro atoms. The van der Waals surface area contributed by atoms with Gasteiger partial charge in [0.2, 0.25) is 0 Å². The van der Waals surface area contributed by atoms with Crippen LogP contribution in [-0.4, -0.2) is 17.6 Å². The maximum Gasteiger partial charge on any atom is 0.105 e. The highest BCUT2D eigenvalue weighted by Crippen LogP contribution is 2.24. The summed E-state index contributed by atoms with van der Waals surface area (Å²) in [5, 5.41) is 0. The number of allylic oxidation sites excluding steroid dienone is 4. The maximum atomic E-state index is 2.40. The summed E-state index contributed by atoms with van der Waals surface area (Å²) in [7, 11) is 0. The molecule has 0 aliphatic carbocycles. The van der Waals surface area contributed by atoms with E-state index < -0.39 is 0 Å². The fourth-order valence-corrected chi connectivity index (χ4v) is 5.00. The zero-order chi connectivity index (χ0) is 24.9. The minimum atomic E-state index is 1.14. The first-order valence-electron chi connectivity index (χ1n) is 14.5. The van der Waals surface area contributed by atoms with E-state index in [9.17, 15) is 0 Å². The Hall–Kier alpha value is -2.12. The van der Waals surface area contributed by atoms with E-state index in [1.165, 1.54) is 106 Å². The van der Waals surface area contributed by atoms with Crippen molar-refractivity contribution in [2.75, 3.05) is 13.1 Å². The molecule has 0 saturated carbocycles. The van der Waals surface area contributed by atoms with E-state index in [0.29, 0.717) is 0 Å². The highest BCUT2D eigenvalue weighted by atomic mass is 15.3. The summed E-state index contributed by atoms with van der Waals surface area (Å²) in [6, 6.07) is 22.4. The number of unbranched alkanes of at least 4 members (excludes halogenated alkanes) is 8. The van der Waals surface area contributed by atoms with Crippen molar-refractivity contribution in [2.45, 2.75) is 104 Å². The monoisotopic (exact) mass is 474 g/mol. The van der Waals surface area contributed by atoms with Gasteiger partial charge in [-0.3, -0.25) is 0 Å². The molecule has 0 radical (unpaired) electrons. The Labute approximate surface area is 217 Å². The Morgan fingerprint density at radius 1 is 0.486 bits per heavy atom. The number of quaternary nitrogens is 1. The first kappa shape index (κ1) is 29.1. The fourth-order valence-electron chi connectivity index (χ4n) is 5.00. The van der Waals surface area contributed by atoms with Gasteiger partial charge >= 0.3 is 0 Å². The summed E-state index contributed by atoms with van der Waals surface area (Å²) < 4.78 is 1.19. The van der Waals surface area contributed by atoms with E-state index in [0.717, 1.165) is 13.1 Å². The molecule has 1 heteroatoms. The molecule has 2 rings (SSSR count). The lowest BCUT2D eigenvalue weighted by atomic mass is 10.1. The third-order valence-electron chi connectivity index (χ3n) is 6.97. The normalized spacial score (nSPS) is 12.2. The highest BCUT2D eigenvalue weighted by Gasteiger charge is 2.27. The lowest BCUT2D eigenvalue weighted by Gasteiger charge is -2.39. The summed E-state index contributed by atoms with van der Waals surface area (Å²) in [5.74, 6) is 0. The molecule has 0 unspecified atom stereocenters. The molecule has 35 heavy (non-hydrogen) atoms. The standard InChI is InChI=1S/C34H52N/c1-3-5-7-9-11-13-15-23-29-35(31-33-25-19-17-20-26-33,32-34-27-21-18-22-28-34)30-24-16-14-12-10-8-6-4-2/h7-10,17-22,25-28H,3-6,11-16,23-24,29-32H2,1-2H3/q+1/b9-7+,10-8+. The van der Waals surface area contributed by atoms with Crippen molar-refractivity contribution in [2.24, 2.45) is 0 Å².